The second kappa shape index (κ2) is 4.43. The van der Waals surface area contributed by atoms with Crippen molar-refractivity contribution in [3.05, 3.63) is 30.5 Å². The molecule has 0 saturated carbocycles. The second-order valence-corrected chi connectivity index (χ2v) is 3.96. The lowest BCUT2D eigenvalue weighted by atomic mass is 10.3. The Kier molecular flexibility index (Phi) is 2.99. The first kappa shape index (κ1) is 10.8. The molecule has 0 aliphatic carbocycles. The lowest BCUT2D eigenvalue weighted by Gasteiger charge is -2.10. The SMILES string of the molecule is CCc1nccc(-c2nccn2C(C)C)n1. The minimum absolute atomic E-state index is 0.387. The molecule has 4 nitrogen and oxygen atoms in total. The monoisotopic (exact) mass is 216 g/mol. The van der Waals surface area contributed by atoms with Crippen LogP contribution in [0.4, 0.5) is 0 Å². The zero-order valence-electron chi connectivity index (χ0n) is 9.88. The van der Waals surface area contributed by atoms with Crippen LogP contribution < -0.4 is 0 Å². The summed E-state index contributed by atoms with van der Waals surface area (Å²) in [5.74, 6) is 1.77. The molecule has 0 N–H and O–H groups in total. The van der Waals surface area contributed by atoms with Crippen LogP contribution in [-0.2, 0) is 6.42 Å². The standard InChI is InChI=1S/C12H16N4/c1-4-11-13-6-5-10(15-11)12-14-7-8-16(12)9(2)3/h5-9H,4H2,1-3H3. The highest BCUT2D eigenvalue weighted by atomic mass is 15.1. The minimum Gasteiger partial charge on any atom is -0.327 e. The third-order valence-corrected chi connectivity index (χ3v) is 2.48. The fraction of sp³-hybridized carbons (Fsp3) is 0.417. The highest BCUT2D eigenvalue weighted by Gasteiger charge is 2.09. The third kappa shape index (κ3) is 1.96. The fourth-order valence-electron chi connectivity index (χ4n) is 1.62. The van der Waals surface area contributed by atoms with E-state index in [1.54, 1.807) is 6.20 Å². The summed E-state index contributed by atoms with van der Waals surface area (Å²) in [5, 5.41) is 0. The Morgan fingerprint density at radius 2 is 2.06 bits per heavy atom. The summed E-state index contributed by atoms with van der Waals surface area (Å²) in [7, 11) is 0. The summed E-state index contributed by atoms with van der Waals surface area (Å²) in [6, 6.07) is 2.29. The third-order valence-electron chi connectivity index (χ3n) is 2.48. The van der Waals surface area contributed by atoms with E-state index in [9.17, 15) is 0 Å². The Morgan fingerprint density at radius 1 is 1.25 bits per heavy atom. The summed E-state index contributed by atoms with van der Waals surface area (Å²) in [6.07, 6.45) is 6.42. The molecular formula is C12H16N4. The van der Waals surface area contributed by atoms with Gasteiger partial charge in [-0.3, -0.25) is 0 Å². The van der Waals surface area contributed by atoms with Gasteiger partial charge in [-0.15, -0.1) is 0 Å². The van der Waals surface area contributed by atoms with E-state index in [0.717, 1.165) is 23.8 Å². The molecule has 0 spiro atoms. The van der Waals surface area contributed by atoms with Crippen LogP contribution in [0.1, 0.15) is 32.6 Å². The van der Waals surface area contributed by atoms with Crippen molar-refractivity contribution in [1.29, 1.82) is 0 Å². The van der Waals surface area contributed by atoms with Gasteiger partial charge in [0.25, 0.3) is 0 Å². The Hall–Kier alpha value is -1.71. The zero-order chi connectivity index (χ0) is 11.5. The molecule has 0 bridgehead atoms. The molecule has 0 atom stereocenters. The Morgan fingerprint density at radius 3 is 2.75 bits per heavy atom. The van der Waals surface area contributed by atoms with Crippen LogP contribution in [0.15, 0.2) is 24.7 Å². The van der Waals surface area contributed by atoms with E-state index < -0.39 is 0 Å². The lowest BCUT2D eigenvalue weighted by Crippen LogP contribution is -2.04. The van der Waals surface area contributed by atoms with Gasteiger partial charge < -0.3 is 4.57 Å². The summed E-state index contributed by atoms with van der Waals surface area (Å²) in [5.41, 5.74) is 0.894. The molecule has 16 heavy (non-hydrogen) atoms. The summed E-state index contributed by atoms with van der Waals surface area (Å²) >= 11 is 0. The van der Waals surface area contributed by atoms with Gasteiger partial charge in [0, 0.05) is 31.1 Å². The number of nitrogens with zero attached hydrogens (tertiary/aromatic N) is 4. The van der Waals surface area contributed by atoms with Crippen LogP contribution in [0.3, 0.4) is 0 Å². The predicted molar refractivity (Wildman–Crippen MR) is 63.0 cm³/mol. The van der Waals surface area contributed by atoms with Crippen molar-refractivity contribution in [2.24, 2.45) is 0 Å². The molecule has 2 aromatic rings. The first-order valence-electron chi connectivity index (χ1n) is 5.57. The van der Waals surface area contributed by atoms with E-state index in [1.165, 1.54) is 0 Å². The number of hydrogen-bond acceptors (Lipinski definition) is 3. The van der Waals surface area contributed by atoms with Gasteiger partial charge in [-0.1, -0.05) is 6.92 Å². The molecule has 2 heterocycles. The van der Waals surface area contributed by atoms with Gasteiger partial charge in [-0.2, -0.15) is 0 Å². The molecule has 0 aliphatic heterocycles. The van der Waals surface area contributed by atoms with E-state index in [2.05, 4.69) is 33.4 Å². The summed E-state index contributed by atoms with van der Waals surface area (Å²) in [6.45, 7) is 6.31. The highest BCUT2D eigenvalue weighted by molar-refractivity contribution is 5.49. The smallest absolute Gasteiger partial charge is 0.159 e. The molecule has 2 rings (SSSR count). The largest absolute Gasteiger partial charge is 0.327 e. The number of rotatable bonds is 3. The second-order valence-electron chi connectivity index (χ2n) is 3.96. The van der Waals surface area contributed by atoms with Crippen molar-refractivity contribution >= 4 is 0 Å². The Bertz CT molecular complexity index is 473. The molecule has 0 saturated heterocycles. The minimum atomic E-state index is 0.387. The summed E-state index contributed by atoms with van der Waals surface area (Å²) in [4.78, 5) is 13.0. The molecule has 84 valence electrons. The highest BCUT2D eigenvalue weighted by Crippen LogP contribution is 2.18. The van der Waals surface area contributed by atoms with Crippen LogP contribution in [0, 0.1) is 0 Å². The topological polar surface area (TPSA) is 43.6 Å². The number of aryl methyl sites for hydroxylation is 1. The first-order valence-corrected chi connectivity index (χ1v) is 5.57. The van der Waals surface area contributed by atoms with E-state index in [4.69, 9.17) is 0 Å². The number of aromatic nitrogens is 4. The summed E-state index contributed by atoms with van der Waals surface area (Å²) < 4.78 is 2.11. The van der Waals surface area contributed by atoms with Crippen LogP contribution >= 0.6 is 0 Å². The maximum Gasteiger partial charge on any atom is 0.159 e. The van der Waals surface area contributed by atoms with Crippen molar-refractivity contribution in [3.63, 3.8) is 0 Å². The van der Waals surface area contributed by atoms with E-state index in [1.807, 2.05) is 25.4 Å². The molecular weight excluding hydrogens is 200 g/mol. The van der Waals surface area contributed by atoms with Crippen molar-refractivity contribution in [2.75, 3.05) is 0 Å². The van der Waals surface area contributed by atoms with E-state index in [-0.39, 0.29) is 0 Å². The van der Waals surface area contributed by atoms with E-state index in [0.29, 0.717) is 6.04 Å². The molecule has 0 fully saturated rings. The van der Waals surface area contributed by atoms with Crippen LogP contribution in [-0.4, -0.2) is 19.5 Å². The Balaban J connectivity index is 2.46. The van der Waals surface area contributed by atoms with Crippen LogP contribution in [0.2, 0.25) is 0 Å². The molecule has 2 aromatic heterocycles. The molecule has 0 radical (unpaired) electrons. The normalized spacial score (nSPS) is 11.0. The van der Waals surface area contributed by atoms with Crippen LogP contribution in [0.5, 0.6) is 0 Å². The van der Waals surface area contributed by atoms with Gasteiger partial charge >= 0.3 is 0 Å². The van der Waals surface area contributed by atoms with Gasteiger partial charge in [0.15, 0.2) is 5.82 Å². The molecule has 0 amide bonds. The molecule has 0 unspecified atom stereocenters. The van der Waals surface area contributed by atoms with Crippen molar-refractivity contribution in [2.45, 2.75) is 33.2 Å². The predicted octanol–water partition coefficient (Wildman–Crippen LogP) is 2.48. The molecule has 4 heteroatoms. The van der Waals surface area contributed by atoms with Gasteiger partial charge in [0.1, 0.15) is 11.5 Å². The fourth-order valence-corrected chi connectivity index (χ4v) is 1.62. The van der Waals surface area contributed by atoms with Crippen molar-refractivity contribution < 1.29 is 0 Å². The van der Waals surface area contributed by atoms with Crippen LogP contribution in [0.25, 0.3) is 11.5 Å². The van der Waals surface area contributed by atoms with Gasteiger partial charge in [0.2, 0.25) is 0 Å². The first-order chi connectivity index (χ1) is 7.72. The average Bonchev–Trinajstić information content (AvgIpc) is 2.78. The quantitative estimate of drug-likeness (QED) is 0.791. The van der Waals surface area contributed by atoms with E-state index >= 15 is 0 Å². The molecule has 0 aliphatic rings. The van der Waals surface area contributed by atoms with Crippen molar-refractivity contribution in [1.82, 2.24) is 19.5 Å². The lowest BCUT2D eigenvalue weighted by molar-refractivity contribution is 0.605. The van der Waals surface area contributed by atoms with Gasteiger partial charge in [0.05, 0.1) is 0 Å². The maximum atomic E-state index is 4.48. The zero-order valence-corrected chi connectivity index (χ0v) is 9.88. The van der Waals surface area contributed by atoms with Crippen molar-refractivity contribution in [3.8, 4) is 11.5 Å². The number of hydrogen-bond donors (Lipinski definition) is 0. The maximum absolute atomic E-state index is 4.48. The molecule has 0 aromatic carbocycles. The van der Waals surface area contributed by atoms with Gasteiger partial charge in [-0.05, 0) is 19.9 Å². The Labute approximate surface area is 95.4 Å². The van der Waals surface area contributed by atoms with Gasteiger partial charge in [-0.25, -0.2) is 15.0 Å². The average molecular weight is 216 g/mol. The number of imidazole rings is 1.